The number of carbonyl (C=O) groups is 2. The Bertz CT molecular complexity index is 282. The molecular formula is C14H26N2O2. The SMILES string of the molecule is CC(C)C(=O)CCCNC(=O)C1CCN(C)CC1. The lowest BCUT2D eigenvalue weighted by molar-refractivity contribution is -0.126. The fourth-order valence-corrected chi connectivity index (χ4v) is 2.18. The summed E-state index contributed by atoms with van der Waals surface area (Å²) in [6, 6.07) is 0. The van der Waals surface area contributed by atoms with Gasteiger partial charge in [0.2, 0.25) is 5.91 Å². The molecule has 0 unspecified atom stereocenters. The third-order valence-electron chi connectivity index (χ3n) is 3.63. The van der Waals surface area contributed by atoms with Gasteiger partial charge >= 0.3 is 0 Å². The van der Waals surface area contributed by atoms with E-state index in [0.717, 1.165) is 32.4 Å². The highest BCUT2D eigenvalue weighted by Gasteiger charge is 2.22. The monoisotopic (exact) mass is 254 g/mol. The van der Waals surface area contributed by atoms with E-state index in [9.17, 15) is 9.59 Å². The highest BCUT2D eigenvalue weighted by Crippen LogP contribution is 2.15. The molecule has 0 aromatic heterocycles. The maximum atomic E-state index is 11.9. The molecule has 0 aromatic rings. The van der Waals surface area contributed by atoms with E-state index in [4.69, 9.17) is 0 Å². The van der Waals surface area contributed by atoms with Gasteiger partial charge in [-0.1, -0.05) is 13.8 Å². The first-order valence-electron chi connectivity index (χ1n) is 6.99. The Balaban J connectivity index is 2.12. The number of ketones is 1. The molecule has 1 heterocycles. The van der Waals surface area contributed by atoms with Crippen molar-refractivity contribution in [2.75, 3.05) is 26.7 Å². The molecule has 4 nitrogen and oxygen atoms in total. The van der Waals surface area contributed by atoms with Gasteiger partial charge in [0.15, 0.2) is 0 Å². The van der Waals surface area contributed by atoms with Gasteiger partial charge in [-0.2, -0.15) is 0 Å². The van der Waals surface area contributed by atoms with Gasteiger partial charge in [0.05, 0.1) is 0 Å². The number of piperidine rings is 1. The molecule has 1 aliphatic heterocycles. The highest BCUT2D eigenvalue weighted by atomic mass is 16.2. The summed E-state index contributed by atoms with van der Waals surface area (Å²) < 4.78 is 0. The summed E-state index contributed by atoms with van der Waals surface area (Å²) in [6.07, 6.45) is 3.24. The maximum Gasteiger partial charge on any atom is 0.223 e. The Hall–Kier alpha value is -0.900. The van der Waals surface area contributed by atoms with E-state index in [0.29, 0.717) is 13.0 Å². The van der Waals surface area contributed by atoms with Crippen molar-refractivity contribution in [3.05, 3.63) is 0 Å². The van der Waals surface area contributed by atoms with Crippen molar-refractivity contribution in [1.82, 2.24) is 10.2 Å². The molecule has 4 heteroatoms. The first-order chi connectivity index (χ1) is 8.50. The minimum Gasteiger partial charge on any atom is -0.356 e. The third-order valence-corrected chi connectivity index (χ3v) is 3.63. The standard InChI is InChI=1S/C14H26N2O2/c1-11(2)13(17)5-4-8-15-14(18)12-6-9-16(3)10-7-12/h11-12H,4-10H2,1-3H3,(H,15,18). The molecule has 1 aliphatic rings. The fraction of sp³-hybridized carbons (Fsp3) is 0.857. The molecule has 0 aliphatic carbocycles. The zero-order chi connectivity index (χ0) is 13.5. The first-order valence-corrected chi connectivity index (χ1v) is 6.99. The van der Waals surface area contributed by atoms with E-state index in [1.807, 2.05) is 13.8 Å². The average Bonchev–Trinajstić information content (AvgIpc) is 2.34. The number of Topliss-reactive ketones (excluding diaryl/α,β-unsaturated/α-hetero) is 1. The second-order valence-electron chi connectivity index (χ2n) is 5.59. The summed E-state index contributed by atoms with van der Waals surface area (Å²) in [5.74, 6) is 0.722. The Labute approximate surface area is 110 Å². The van der Waals surface area contributed by atoms with Crippen molar-refractivity contribution in [2.24, 2.45) is 11.8 Å². The van der Waals surface area contributed by atoms with Crippen LogP contribution in [0.2, 0.25) is 0 Å². The summed E-state index contributed by atoms with van der Waals surface area (Å²) >= 11 is 0. The number of rotatable bonds is 6. The van der Waals surface area contributed by atoms with E-state index in [1.54, 1.807) is 0 Å². The number of hydrogen-bond acceptors (Lipinski definition) is 3. The van der Waals surface area contributed by atoms with Gasteiger partial charge in [-0.3, -0.25) is 9.59 Å². The largest absolute Gasteiger partial charge is 0.356 e. The van der Waals surface area contributed by atoms with Crippen molar-refractivity contribution >= 4 is 11.7 Å². The Morgan fingerprint density at radius 2 is 1.89 bits per heavy atom. The second kappa shape index (κ2) is 7.52. The van der Waals surface area contributed by atoms with E-state index in [-0.39, 0.29) is 23.5 Å². The zero-order valence-corrected chi connectivity index (χ0v) is 11.9. The number of hydrogen-bond donors (Lipinski definition) is 1. The van der Waals surface area contributed by atoms with Crippen LogP contribution in [0.5, 0.6) is 0 Å². The van der Waals surface area contributed by atoms with Gasteiger partial charge in [0.25, 0.3) is 0 Å². The second-order valence-corrected chi connectivity index (χ2v) is 5.59. The summed E-state index contributed by atoms with van der Waals surface area (Å²) in [5.41, 5.74) is 0. The van der Waals surface area contributed by atoms with Crippen LogP contribution < -0.4 is 5.32 Å². The third kappa shape index (κ3) is 5.17. The predicted molar refractivity (Wildman–Crippen MR) is 72.3 cm³/mol. The van der Waals surface area contributed by atoms with Crippen LogP contribution in [0.25, 0.3) is 0 Å². The van der Waals surface area contributed by atoms with E-state index in [1.165, 1.54) is 0 Å². The van der Waals surface area contributed by atoms with Gasteiger partial charge in [-0.15, -0.1) is 0 Å². The summed E-state index contributed by atoms with van der Waals surface area (Å²) in [7, 11) is 2.09. The van der Waals surface area contributed by atoms with Crippen LogP contribution in [0.4, 0.5) is 0 Å². The average molecular weight is 254 g/mol. The Morgan fingerprint density at radius 1 is 1.28 bits per heavy atom. The Kier molecular flexibility index (Phi) is 6.33. The van der Waals surface area contributed by atoms with Crippen molar-refractivity contribution in [3.8, 4) is 0 Å². The number of nitrogens with zero attached hydrogens (tertiary/aromatic N) is 1. The van der Waals surface area contributed by atoms with E-state index >= 15 is 0 Å². The van der Waals surface area contributed by atoms with Crippen LogP contribution in [0.15, 0.2) is 0 Å². The minimum absolute atomic E-state index is 0.106. The summed E-state index contributed by atoms with van der Waals surface area (Å²) in [5, 5.41) is 2.95. The molecule has 18 heavy (non-hydrogen) atoms. The lowest BCUT2D eigenvalue weighted by Crippen LogP contribution is -2.39. The number of nitrogens with one attached hydrogen (secondary N) is 1. The molecular weight excluding hydrogens is 228 g/mol. The lowest BCUT2D eigenvalue weighted by atomic mass is 9.96. The van der Waals surface area contributed by atoms with Gasteiger partial charge < -0.3 is 10.2 Å². The van der Waals surface area contributed by atoms with Gasteiger partial charge in [0.1, 0.15) is 5.78 Å². The predicted octanol–water partition coefficient (Wildman–Crippen LogP) is 1.45. The topological polar surface area (TPSA) is 49.4 Å². The lowest BCUT2D eigenvalue weighted by Gasteiger charge is -2.28. The van der Waals surface area contributed by atoms with E-state index < -0.39 is 0 Å². The molecule has 0 bridgehead atoms. The number of likely N-dealkylation sites (tertiary alicyclic amines) is 1. The van der Waals surface area contributed by atoms with Crippen molar-refractivity contribution in [3.63, 3.8) is 0 Å². The zero-order valence-electron chi connectivity index (χ0n) is 11.9. The van der Waals surface area contributed by atoms with Crippen LogP contribution in [0.3, 0.4) is 0 Å². The molecule has 1 N–H and O–H groups in total. The van der Waals surface area contributed by atoms with Crippen molar-refractivity contribution in [1.29, 1.82) is 0 Å². The highest BCUT2D eigenvalue weighted by molar-refractivity contribution is 5.80. The molecule has 0 radical (unpaired) electrons. The molecule has 104 valence electrons. The molecule has 1 rings (SSSR count). The number of amides is 1. The summed E-state index contributed by atoms with van der Waals surface area (Å²) in [6.45, 7) is 6.47. The van der Waals surface area contributed by atoms with Crippen LogP contribution in [-0.4, -0.2) is 43.3 Å². The van der Waals surface area contributed by atoms with E-state index in [2.05, 4.69) is 17.3 Å². The van der Waals surface area contributed by atoms with Crippen molar-refractivity contribution < 1.29 is 9.59 Å². The maximum absolute atomic E-state index is 11.9. The normalized spacial score (nSPS) is 18.0. The van der Waals surface area contributed by atoms with Gasteiger partial charge in [-0.25, -0.2) is 0 Å². The van der Waals surface area contributed by atoms with Crippen LogP contribution in [-0.2, 0) is 9.59 Å². The van der Waals surface area contributed by atoms with Crippen molar-refractivity contribution in [2.45, 2.75) is 39.5 Å². The molecule has 1 amide bonds. The van der Waals surface area contributed by atoms with Crippen LogP contribution >= 0.6 is 0 Å². The molecule has 0 spiro atoms. The molecule has 1 saturated heterocycles. The van der Waals surface area contributed by atoms with Gasteiger partial charge in [0, 0.05) is 24.8 Å². The van der Waals surface area contributed by atoms with Crippen LogP contribution in [0.1, 0.15) is 39.5 Å². The minimum atomic E-state index is 0.106. The molecule has 0 atom stereocenters. The fourth-order valence-electron chi connectivity index (χ4n) is 2.18. The molecule has 0 aromatic carbocycles. The Morgan fingerprint density at radius 3 is 2.44 bits per heavy atom. The van der Waals surface area contributed by atoms with Crippen LogP contribution in [0, 0.1) is 11.8 Å². The smallest absolute Gasteiger partial charge is 0.223 e. The van der Waals surface area contributed by atoms with Gasteiger partial charge in [-0.05, 0) is 39.4 Å². The molecule has 0 saturated carbocycles. The number of carbonyl (C=O) groups excluding carboxylic acids is 2. The summed E-state index contributed by atoms with van der Waals surface area (Å²) in [4.78, 5) is 25.5. The quantitative estimate of drug-likeness (QED) is 0.730. The molecule has 1 fully saturated rings. The first kappa shape index (κ1) is 15.2.